The zero-order valence-electron chi connectivity index (χ0n) is 7.85. The molecule has 0 aliphatic heterocycles. The summed E-state index contributed by atoms with van der Waals surface area (Å²) < 4.78 is 4.74. The fraction of sp³-hybridized carbons (Fsp3) is 0.250. The van der Waals surface area contributed by atoms with Crippen LogP contribution in [0.15, 0.2) is 17.4 Å². The number of aromatic nitrogens is 1. The Labute approximate surface area is 90.5 Å². The molecule has 0 spiro atoms. The molecule has 0 unspecified atom stereocenters. The molecule has 1 aromatic rings. The van der Waals surface area contributed by atoms with E-state index >= 15 is 0 Å². The first-order valence-corrected chi connectivity index (χ1v) is 4.44. The number of carbonyl (C=O) groups is 1. The molecule has 0 aliphatic carbocycles. The van der Waals surface area contributed by atoms with E-state index in [0.29, 0.717) is 0 Å². The number of hydrogen-bond donors (Lipinski definition) is 0. The third-order valence-corrected chi connectivity index (χ3v) is 1.78. The van der Waals surface area contributed by atoms with Gasteiger partial charge in [-0.3, -0.25) is 0 Å². The Morgan fingerprint density at radius 1 is 1.80 bits per heavy atom. The highest BCUT2D eigenvalue weighted by molar-refractivity contribution is 6.32. The number of carbonyl (C=O) groups excluding carboxylic acids is 1. The lowest BCUT2D eigenvalue weighted by Crippen LogP contribution is -2.05. The molecule has 15 heavy (non-hydrogen) atoms. The minimum atomic E-state index is -0.593. The molecule has 0 saturated carbocycles. The number of nitrogens with zero attached hydrogens (tertiary/aromatic N) is 4. The molecule has 1 rings (SSSR count). The molecule has 1 heterocycles. The molecule has 0 N–H and O–H groups in total. The van der Waals surface area contributed by atoms with Crippen LogP contribution in [0.4, 0.5) is 5.69 Å². The Bertz CT molecular complexity index is 429. The van der Waals surface area contributed by atoms with E-state index in [4.69, 9.17) is 21.9 Å². The first kappa shape index (κ1) is 11.3. The van der Waals surface area contributed by atoms with Gasteiger partial charge in [-0.1, -0.05) is 16.7 Å². The van der Waals surface area contributed by atoms with Crippen molar-refractivity contribution in [2.45, 2.75) is 6.92 Å². The van der Waals surface area contributed by atoms with Gasteiger partial charge >= 0.3 is 5.97 Å². The van der Waals surface area contributed by atoms with Gasteiger partial charge in [-0.05, 0) is 18.5 Å². The summed E-state index contributed by atoms with van der Waals surface area (Å²) in [5.74, 6) is -0.593. The van der Waals surface area contributed by atoms with Crippen LogP contribution in [0.3, 0.4) is 0 Å². The minimum Gasteiger partial charge on any atom is -0.462 e. The van der Waals surface area contributed by atoms with Crippen molar-refractivity contribution in [3.05, 3.63) is 33.4 Å². The summed E-state index contributed by atoms with van der Waals surface area (Å²) in [6.45, 7) is 1.91. The predicted molar refractivity (Wildman–Crippen MR) is 54.0 cm³/mol. The van der Waals surface area contributed by atoms with Crippen LogP contribution in [0.2, 0.25) is 5.15 Å². The summed E-state index contributed by atoms with van der Waals surface area (Å²) in [4.78, 5) is 17.6. The normalized spacial score (nSPS) is 9.20. The second kappa shape index (κ2) is 5.19. The standard InChI is InChI=1S/C8H7ClN4O2/c1-2-15-8(14)6-3-5(12-13-10)4-11-7(6)9/h3-4H,2H2,1H3. The highest BCUT2D eigenvalue weighted by Gasteiger charge is 2.12. The molecule has 7 heteroatoms. The second-order valence-corrected chi connectivity index (χ2v) is 2.80. The molecule has 0 fully saturated rings. The maximum Gasteiger partial charge on any atom is 0.341 e. The number of halogens is 1. The van der Waals surface area contributed by atoms with Crippen molar-refractivity contribution in [2.24, 2.45) is 5.11 Å². The molecule has 0 saturated heterocycles. The van der Waals surface area contributed by atoms with Crippen LogP contribution in [0, 0.1) is 0 Å². The monoisotopic (exact) mass is 226 g/mol. The summed E-state index contributed by atoms with van der Waals surface area (Å²) in [6.07, 6.45) is 1.27. The third kappa shape index (κ3) is 2.83. The van der Waals surface area contributed by atoms with Gasteiger partial charge in [0.05, 0.1) is 17.9 Å². The topological polar surface area (TPSA) is 88.0 Å². The SMILES string of the molecule is CCOC(=O)c1cc(N=[N+]=[N-])cnc1Cl. The molecule has 0 atom stereocenters. The smallest absolute Gasteiger partial charge is 0.341 e. The van der Waals surface area contributed by atoms with Gasteiger partial charge in [0.25, 0.3) is 0 Å². The van der Waals surface area contributed by atoms with Gasteiger partial charge in [0.1, 0.15) is 5.15 Å². The van der Waals surface area contributed by atoms with Crippen LogP contribution in [0.25, 0.3) is 10.4 Å². The highest BCUT2D eigenvalue weighted by atomic mass is 35.5. The first-order chi connectivity index (χ1) is 7.19. The van der Waals surface area contributed by atoms with Crippen molar-refractivity contribution < 1.29 is 9.53 Å². The number of hydrogen-bond acceptors (Lipinski definition) is 4. The van der Waals surface area contributed by atoms with Crippen molar-refractivity contribution in [1.29, 1.82) is 0 Å². The average molecular weight is 227 g/mol. The van der Waals surface area contributed by atoms with Crippen molar-refractivity contribution in [2.75, 3.05) is 6.61 Å². The number of esters is 1. The minimum absolute atomic E-state index is 0.0188. The van der Waals surface area contributed by atoms with Crippen LogP contribution in [0.5, 0.6) is 0 Å². The number of ether oxygens (including phenoxy) is 1. The van der Waals surface area contributed by atoms with E-state index in [2.05, 4.69) is 15.0 Å². The molecule has 0 bridgehead atoms. The Hall–Kier alpha value is -1.78. The Morgan fingerprint density at radius 2 is 2.53 bits per heavy atom. The van der Waals surface area contributed by atoms with Crippen molar-refractivity contribution >= 4 is 23.3 Å². The Kier molecular flexibility index (Phi) is 3.91. The lowest BCUT2D eigenvalue weighted by molar-refractivity contribution is 0.0526. The molecule has 0 aromatic carbocycles. The highest BCUT2D eigenvalue weighted by Crippen LogP contribution is 2.20. The molecule has 78 valence electrons. The van der Waals surface area contributed by atoms with Crippen molar-refractivity contribution in [3.8, 4) is 0 Å². The van der Waals surface area contributed by atoms with Gasteiger partial charge in [-0.25, -0.2) is 9.78 Å². The number of pyridine rings is 1. The number of azide groups is 1. The Morgan fingerprint density at radius 3 is 3.13 bits per heavy atom. The quantitative estimate of drug-likeness (QED) is 0.261. The van der Waals surface area contributed by atoms with Gasteiger partial charge < -0.3 is 4.74 Å². The van der Waals surface area contributed by atoms with Crippen molar-refractivity contribution in [1.82, 2.24) is 4.98 Å². The molecule has 0 aliphatic rings. The molecule has 1 aromatic heterocycles. The van der Waals surface area contributed by atoms with Gasteiger partial charge in [0.15, 0.2) is 0 Å². The third-order valence-electron chi connectivity index (χ3n) is 1.48. The fourth-order valence-corrected chi connectivity index (χ4v) is 1.08. The predicted octanol–water partition coefficient (Wildman–Crippen LogP) is 2.85. The van der Waals surface area contributed by atoms with E-state index < -0.39 is 5.97 Å². The molecule has 6 nitrogen and oxygen atoms in total. The van der Waals surface area contributed by atoms with Gasteiger partial charge in [0.2, 0.25) is 0 Å². The summed E-state index contributed by atoms with van der Waals surface area (Å²) in [5.41, 5.74) is 8.50. The summed E-state index contributed by atoms with van der Waals surface area (Å²) in [6, 6.07) is 1.33. The summed E-state index contributed by atoms with van der Waals surface area (Å²) in [7, 11) is 0. The van der Waals surface area contributed by atoms with Crippen LogP contribution < -0.4 is 0 Å². The summed E-state index contributed by atoms with van der Waals surface area (Å²) in [5, 5.41) is 3.32. The zero-order valence-corrected chi connectivity index (χ0v) is 8.60. The average Bonchev–Trinajstić information content (AvgIpc) is 2.21. The lowest BCUT2D eigenvalue weighted by atomic mass is 10.2. The van der Waals surface area contributed by atoms with E-state index in [9.17, 15) is 4.79 Å². The van der Waals surface area contributed by atoms with E-state index in [0.717, 1.165) is 0 Å². The molecule has 0 radical (unpaired) electrons. The summed E-state index contributed by atoms with van der Waals surface area (Å²) >= 11 is 5.68. The zero-order chi connectivity index (χ0) is 11.3. The second-order valence-electron chi connectivity index (χ2n) is 2.44. The van der Waals surface area contributed by atoms with Crippen LogP contribution in [0.1, 0.15) is 17.3 Å². The Balaban J connectivity index is 3.10. The first-order valence-electron chi connectivity index (χ1n) is 4.06. The van der Waals surface area contributed by atoms with E-state index in [-0.39, 0.29) is 23.0 Å². The number of rotatable bonds is 3. The van der Waals surface area contributed by atoms with E-state index in [1.54, 1.807) is 6.92 Å². The largest absolute Gasteiger partial charge is 0.462 e. The van der Waals surface area contributed by atoms with E-state index in [1.807, 2.05) is 0 Å². The van der Waals surface area contributed by atoms with Crippen molar-refractivity contribution in [3.63, 3.8) is 0 Å². The molecular formula is C8H7ClN4O2. The van der Waals surface area contributed by atoms with Crippen LogP contribution >= 0.6 is 11.6 Å². The molecular weight excluding hydrogens is 220 g/mol. The van der Waals surface area contributed by atoms with Gasteiger partial charge in [0, 0.05) is 11.1 Å². The van der Waals surface area contributed by atoms with Crippen LogP contribution in [-0.4, -0.2) is 17.6 Å². The van der Waals surface area contributed by atoms with Crippen LogP contribution in [-0.2, 0) is 4.74 Å². The maximum absolute atomic E-state index is 11.3. The van der Waals surface area contributed by atoms with Gasteiger partial charge in [-0.15, -0.1) is 0 Å². The van der Waals surface area contributed by atoms with Gasteiger partial charge in [-0.2, -0.15) is 0 Å². The lowest BCUT2D eigenvalue weighted by Gasteiger charge is -2.03. The fourth-order valence-electron chi connectivity index (χ4n) is 0.895. The molecule has 0 amide bonds. The maximum atomic E-state index is 11.3. The van der Waals surface area contributed by atoms with E-state index in [1.165, 1.54) is 12.3 Å².